The van der Waals surface area contributed by atoms with Crippen LogP contribution in [-0.4, -0.2) is 51.6 Å². The number of carbonyl (C=O) groups excluding carboxylic acids is 1. The van der Waals surface area contributed by atoms with Gasteiger partial charge in [-0.25, -0.2) is 0 Å². The summed E-state index contributed by atoms with van der Waals surface area (Å²) in [5.74, 6) is -0.0772. The second-order valence-electron chi connectivity index (χ2n) is 5.33. The molecule has 1 aliphatic rings. The SMILES string of the molecule is CCO[C@H]1CCCN(C(=O)c2cnn(-c3ccccc3)n2)C1. The van der Waals surface area contributed by atoms with Crippen LogP contribution < -0.4 is 0 Å². The van der Waals surface area contributed by atoms with Crippen molar-refractivity contribution in [1.29, 1.82) is 0 Å². The number of piperidine rings is 1. The standard InChI is InChI=1S/C16H20N4O2/c1-2-22-14-9-6-10-19(12-14)16(21)15-11-17-20(18-15)13-7-4-3-5-8-13/h3-5,7-8,11,14H,2,6,9-10,12H2,1H3/t14-/m0/s1. The first-order valence-corrected chi connectivity index (χ1v) is 7.66. The van der Waals surface area contributed by atoms with Gasteiger partial charge in [0.15, 0.2) is 5.69 Å². The van der Waals surface area contributed by atoms with Crippen LogP contribution in [0.15, 0.2) is 36.5 Å². The number of nitrogens with zero attached hydrogens (tertiary/aromatic N) is 4. The van der Waals surface area contributed by atoms with E-state index in [4.69, 9.17) is 4.74 Å². The zero-order valence-corrected chi connectivity index (χ0v) is 12.7. The van der Waals surface area contributed by atoms with Gasteiger partial charge in [0.1, 0.15) is 0 Å². The lowest BCUT2D eigenvalue weighted by Gasteiger charge is -2.31. The molecule has 1 atom stereocenters. The largest absolute Gasteiger partial charge is 0.377 e. The molecule has 2 heterocycles. The van der Waals surface area contributed by atoms with E-state index < -0.39 is 0 Å². The van der Waals surface area contributed by atoms with Gasteiger partial charge in [-0.05, 0) is 31.9 Å². The van der Waals surface area contributed by atoms with Gasteiger partial charge in [-0.1, -0.05) is 18.2 Å². The summed E-state index contributed by atoms with van der Waals surface area (Å²) in [4.78, 5) is 15.8. The number of hydrogen-bond donors (Lipinski definition) is 0. The number of aromatic nitrogens is 3. The van der Waals surface area contributed by atoms with Crippen molar-refractivity contribution in [3.63, 3.8) is 0 Å². The number of benzene rings is 1. The zero-order chi connectivity index (χ0) is 15.4. The predicted molar refractivity (Wildman–Crippen MR) is 81.9 cm³/mol. The van der Waals surface area contributed by atoms with Gasteiger partial charge in [-0.15, -0.1) is 5.10 Å². The smallest absolute Gasteiger partial charge is 0.276 e. The van der Waals surface area contributed by atoms with Crippen LogP contribution in [0.1, 0.15) is 30.3 Å². The fraction of sp³-hybridized carbons (Fsp3) is 0.438. The molecule has 0 N–H and O–H groups in total. The Balaban J connectivity index is 1.71. The van der Waals surface area contributed by atoms with Crippen molar-refractivity contribution in [2.24, 2.45) is 0 Å². The topological polar surface area (TPSA) is 60.2 Å². The molecule has 0 aliphatic carbocycles. The number of hydrogen-bond acceptors (Lipinski definition) is 4. The van der Waals surface area contributed by atoms with E-state index in [1.165, 1.54) is 11.0 Å². The quantitative estimate of drug-likeness (QED) is 0.865. The van der Waals surface area contributed by atoms with Crippen LogP contribution in [0.5, 0.6) is 0 Å². The third-order valence-corrected chi connectivity index (χ3v) is 3.77. The molecule has 0 radical (unpaired) electrons. The average Bonchev–Trinajstić information content (AvgIpc) is 3.05. The summed E-state index contributed by atoms with van der Waals surface area (Å²) < 4.78 is 5.64. The van der Waals surface area contributed by atoms with Crippen molar-refractivity contribution in [3.8, 4) is 5.69 Å². The zero-order valence-electron chi connectivity index (χ0n) is 12.7. The monoisotopic (exact) mass is 300 g/mol. The van der Waals surface area contributed by atoms with Gasteiger partial charge in [0.25, 0.3) is 5.91 Å². The lowest BCUT2D eigenvalue weighted by molar-refractivity contribution is 0.00702. The third-order valence-electron chi connectivity index (χ3n) is 3.77. The molecule has 116 valence electrons. The molecule has 1 saturated heterocycles. The summed E-state index contributed by atoms with van der Waals surface area (Å²) in [5, 5.41) is 8.48. The first kappa shape index (κ1) is 14.7. The molecule has 0 unspecified atom stereocenters. The van der Waals surface area contributed by atoms with Crippen molar-refractivity contribution in [3.05, 3.63) is 42.2 Å². The number of rotatable bonds is 4. The summed E-state index contributed by atoms with van der Waals surface area (Å²) >= 11 is 0. The Hall–Kier alpha value is -2.21. The third kappa shape index (κ3) is 3.17. The van der Waals surface area contributed by atoms with E-state index in [1.54, 1.807) is 0 Å². The Morgan fingerprint density at radius 1 is 1.36 bits per heavy atom. The fourth-order valence-electron chi connectivity index (χ4n) is 2.70. The molecule has 1 fully saturated rings. The van der Waals surface area contributed by atoms with Gasteiger partial charge < -0.3 is 9.64 Å². The molecule has 3 rings (SSSR count). The molecule has 0 spiro atoms. The summed E-state index contributed by atoms with van der Waals surface area (Å²) in [6.07, 6.45) is 3.63. The Kier molecular flexibility index (Phi) is 4.48. The van der Waals surface area contributed by atoms with Gasteiger partial charge in [0.05, 0.1) is 18.0 Å². The van der Waals surface area contributed by atoms with Gasteiger partial charge in [0.2, 0.25) is 0 Å². The van der Waals surface area contributed by atoms with Crippen molar-refractivity contribution >= 4 is 5.91 Å². The van der Waals surface area contributed by atoms with Crippen molar-refractivity contribution < 1.29 is 9.53 Å². The number of para-hydroxylation sites is 1. The highest BCUT2D eigenvalue weighted by molar-refractivity contribution is 5.92. The van der Waals surface area contributed by atoms with E-state index in [9.17, 15) is 4.79 Å². The van der Waals surface area contributed by atoms with E-state index in [-0.39, 0.29) is 12.0 Å². The summed E-state index contributed by atoms with van der Waals surface area (Å²) in [6.45, 7) is 4.04. The highest BCUT2D eigenvalue weighted by Crippen LogP contribution is 2.15. The molecule has 22 heavy (non-hydrogen) atoms. The molecule has 0 bridgehead atoms. The lowest BCUT2D eigenvalue weighted by atomic mass is 10.1. The van der Waals surface area contributed by atoms with E-state index >= 15 is 0 Å². The number of likely N-dealkylation sites (tertiary alicyclic amines) is 1. The molecule has 6 heteroatoms. The van der Waals surface area contributed by atoms with E-state index in [0.717, 1.165) is 25.1 Å². The molecular formula is C16H20N4O2. The first-order valence-electron chi connectivity index (χ1n) is 7.66. The fourth-order valence-corrected chi connectivity index (χ4v) is 2.70. The first-order chi connectivity index (χ1) is 10.8. The number of carbonyl (C=O) groups is 1. The summed E-state index contributed by atoms with van der Waals surface area (Å²) in [7, 11) is 0. The minimum absolute atomic E-state index is 0.0772. The van der Waals surface area contributed by atoms with Gasteiger partial charge in [-0.2, -0.15) is 9.90 Å². The van der Waals surface area contributed by atoms with E-state index in [1.807, 2.05) is 42.2 Å². The minimum atomic E-state index is -0.0772. The molecule has 2 aromatic rings. The molecular weight excluding hydrogens is 280 g/mol. The average molecular weight is 300 g/mol. The number of ether oxygens (including phenoxy) is 1. The Morgan fingerprint density at radius 3 is 2.95 bits per heavy atom. The van der Waals surface area contributed by atoms with Crippen LogP contribution in [0.25, 0.3) is 5.69 Å². The van der Waals surface area contributed by atoms with Crippen LogP contribution >= 0.6 is 0 Å². The van der Waals surface area contributed by atoms with Crippen LogP contribution in [0.4, 0.5) is 0 Å². The summed E-state index contributed by atoms with van der Waals surface area (Å²) in [6, 6.07) is 9.57. The normalized spacial score (nSPS) is 18.4. The second-order valence-corrected chi connectivity index (χ2v) is 5.33. The van der Waals surface area contributed by atoms with Gasteiger partial charge in [-0.3, -0.25) is 4.79 Å². The van der Waals surface area contributed by atoms with E-state index in [0.29, 0.717) is 18.8 Å². The minimum Gasteiger partial charge on any atom is -0.377 e. The lowest BCUT2D eigenvalue weighted by Crippen LogP contribution is -2.43. The second kappa shape index (κ2) is 6.70. The van der Waals surface area contributed by atoms with E-state index in [2.05, 4.69) is 10.2 Å². The van der Waals surface area contributed by atoms with Crippen molar-refractivity contribution in [1.82, 2.24) is 19.9 Å². The Bertz CT molecular complexity index is 624. The van der Waals surface area contributed by atoms with Crippen LogP contribution in [0.2, 0.25) is 0 Å². The molecule has 0 saturated carbocycles. The maximum absolute atomic E-state index is 12.5. The molecule has 6 nitrogen and oxygen atoms in total. The number of amides is 1. The maximum Gasteiger partial charge on any atom is 0.276 e. The Labute approximate surface area is 129 Å². The highest BCUT2D eigenvalue weighted by Gasteiger charge is 2.26. The molecule has 1 amide bonds. The predicted octanol–water partition coefficient (Wildman–Crippen LogP) is 1.91. The molecule has 1 aliphatic heterocycles. The molecule has 1 aromatic carbocycles. The van der Waals surface area contributed by atoms with Crippen LogP contribution in [0, 0.1) is 0 Å². The van der Waals surface area contributed by atoms with Crippen LogP contribution in [-0.2, 0) is 4.74 Å². The molecule has 1 aromatic heterocycles. The van der Waals surface area contributed by atoms with Crippen molar-refractivity contribution in [2.75, 3.05) is 19.7 Å². The maximum atomic E-state index is 12.5. The summed E-state index contributed by atoms with van der Waals surface area (Å²) in [5.41, 5.74) is 1.22. The van der Waals surface area contributed by atoms with Crippen molar-refractivity contribution in [2.45, 2.75) is 25.9 Å². The Morgan fingerprint density at radius 2 is 2.18 bits per heavy atom. The van der Waals surface area contributed by atoms with Gasteiger partial charge >= 0.3 is 0 Å². The van der Waals surface area contributed by atoms with Crippen LogP contribution in [0.3, 0.4) is 0 Å². The highest BCUT2D eigenvalue weighted by atomic mass is 16.5. The van der Waals surface area contributed by atoms with Gasteiger partial charge in [0, 0.05) is 19.7 Å².